The third-order valence-electron chi connectivity index (χ3n) is 5.87. The van der Waals surface area contributed by atoms with Gasteiger partial charge in [-0.1, -0.05) is 85.1 Å². The quantitative estimate of drug-likeness (QED) is 0.527. The summed E-state index contributed by atoms with van der Waals surface area (Å²) in [6, 6.07) is 20.4. The van der Waals surface area contributed by atoms with Crippen LogP contribution in [-0.2, 0) is 17.6 Å². The summed E-state index contributed by atoms with van der Waals surface area (Å²) in [5.41, 5.74) is 2.15. The van der Waals surface area contributed by atoms with Gasteiger partial charge < -0.3 is 9.42 Å². The van der Waals surface area contributed by atoms with Gasteiger partial charge in [-0.15, -0.1) is 0 Å². The molecule has 0 radical (unpaired) electrons. The molecule has 1 heterocycles. The highest BCUT2D eigenvalue weighted by Crippen LogP contribution is 2.24. The molecule has 0 N–H and O–H groups in total. The van der Waals surface area contributed by atoms with E-state index in [1.54, 1.807) is 0 Å². The van der Waals surface area contributed by atoms with Crippen molar-refractivity contribution in [3.8, 4) is 11.4 Å². The van der Waals surface area contributed by atoms with E-state index in [1.165, 1.54) is 24.8 Å². The molecular weight excluding hydrogens is 374 g/mol. The SMILES string of the molecule is O=C(CCc1ccccc1)N(CCc1nc(-c2ccccc2)no1)C1CCCCC1. The number of aryl methyl sites for hydroxylation is 1. The fraction of sp³-hybridized carbons (Fsp3) is 0.400. The molecule has 0 saturated heterocycles. The predicted molar refractivity (Wildman–Crippen MR) is 117 cm³/mol. The van der Waals surface area contributed by atoms with E-state index in [0.29, 0.717) is 37.1 Å². The van der Waals surface area contributed by atoms with Crippen LogP contribution in [0.3, 0.4) is 0 Å². The lowest BCUT2D eigenvalue weighted by Crippen LogP contribution is -2.42. The molecule has 1 saturated carbocycles. The minimum atomic E-state index is 0.230. The van der Waals surface area contributed by atoms with E-state index in [0.717, 1.165) is 24.8 Å². The zero-order valence-electron chi connectivity index (χ0n) is 17.4. The first kappa shape index (κ1) is 20.3. The van der Waals surface area contributed by atoms with E-state index in [-0.39, 0.29) is 5.91 Å². The second-order valence-corrected chi connectivity index (χ2v) is 7.99. The highest BCUT2D eigenvalue weighted by Gasteiger charge is 2.25. The predicted octanol–water partition coefficient (Wildman–Crippen LogP) is 5.07. The summed E-state index contributed by atoms with van der Waals surface area (Å²) in [7, 11) is 0. The molecule has 1 aliphatic carbocycles. The number of carbonyl (C=O) groups is 1. The van der Waals surface area contributed by atoms with Crippen LogP contribution in [0.1, 0.15) is 50.0 Å². The van der Waals surface area contributed by atoms with Crippen LogP contribution in [0, 0.1) is 0 Å². The zero-order valence-corrected chi connectivity index (χ0v) is 17.4. The maximum Gasteiger partial charge on any atom is 0.228 e. The summed E-state index contributed by atoms with van der Waals surface area (Å²) in [5.74, 6) is 1.42. The maximum absolute atomic E-state index is 13.1. The van der Waals surface area contributed by atoms with Crippen LogP contribution in [0.5, 0.6) is 0 Å². The van der Waals surface area contributed by atoms with Gasteiger partial charge in [0.25, 0.3) is 0 Å². The normalized spacial score (nSPS) is 14.5. The summed E-state index contributed by atoms with van der Waals surface area (Å²) < 4.78 is 5.47. The molecule has 0 bridgehead atoms. The third-order valence-corrected chi connectivity index (χ3v) is 5.87. The van der Waals surface area contributed by atoms with Crippen molar-refractivity contribution in [1.29, 1.82) is 0 Å². The number of hydrogen-bond acceptors (Lipinski definition) is 4. The molecule has 1 aromatic heterocycles. The Morgan fingerprint density at radius 2 is 1.63 bits per heavy atom. The molecule has 1 amide bonds. The Balaban J connectivity index is 1.40. The first-order valence-corrected chi connectivity index (χ1v) is 11.0. The van der Waals surface area contributed by atoms with Gasteiger partial charge in [-0.25, -0.2) is 0 Å². The van der Waals surface area contributed by atoms with Gasteiger partial charge in [-0.2, -0.15) is 4.98 Å². The van der Waals surface area contributed by atoms with E-state index >= 15 is 0 Å². The number of carbonyl (C=O) groups excluding carboxylic acids is 1. The van der Waals surface area contributed by atoms with Crippen molar-refractivity contribution in [2.75, 3.05) is 6.54 Å². The second-order valence-electron chi connectivity index (χ2n) is 7.99. The van der Waals surface area contributed by atoms with Crippen molar-refractivity contribution in [2.24, 2.45) is 0 Å². The smallest absolute Gasteiger partial charge is 0.228 e. The Bertz CT molecular complexity index is 918. The zero-order chi connectivity index (χ0) is 20.6. The van der Waals surface area contributed by atoms with Gasteiger partial charge in [0.1, 0.15) is 0 Å². The van der Waals surface area contributed by atoms with Gasteiger partial charge in [0.15, 0.2) is 0 Å². The molecule has 156 valence electrons. The number of benzene rings is 2. The summed E-state index contributed by atoms with van der Waals surface area (Å²) in [5, 5.41) is 4.11. The van der Waals surface area contributed by atoms with Crippen LogP contribution in [-0.4, -0.2) is 33.5 Å². The lowest BCUT2D eigenvalue weighted by atomic mass is 9.93. The van der Waals surface area contributed by atoms with Crippen LogP contribution in [0.2, 0.25) is 0 Å². The number of aromatic nitrogens is 2. The van der Waals surface area contributed by atoms with Crippen molar-refractivity contribution in [1.82, 2.24) is 15.0 Å². The average molecular weight is 404 g/mol. The van der Waals surface area contributed by atoms with Crippen molar-refractivity contribution in [3.63, 3.8) is 0 Å². The molecule has 0 spiro atoms. The van der Waals surface area contributed by atoms with E-state index in [1.807, 2.05) is 48.5 Å². The number of hydrogen-bond donors (Lipinski definition) is 0. The Morgan fingerprint density at radius 3 is 2.37 bits per heavy atom. The van der Waals surface area contributed by atoms with Crippen LogP contribution in [0.15, 0.2) is 65.2 Å². The summed E-state index contributed by atoms with van der Waals surface area (Å²) in [4.78, 5) is 19.7. The average Bonchev–Trinajstić information content (AvgIpc) is 3.29. The molecule has 1 aliphatic rings. The molecule has 0 atom stereocenters. The van der Waals surface area contributed by atoms with E-state index in [2.05, 4.69) is 27.2 Å². The Kier molecular flexibility index (Phi) is 6.91. The van der Waals surface area contributed by atoms with E-state index in [9.17, 15) is 4.79 Å². The monoisotopic (exact) mass is 403 g/mol. The molecule has 2 aromatic carbocycles. The first-order chi connectivity index (χ1) is 14.8. The molecule has 5 heteroatoms. The van der Waals surface area contributed by atoms with E-state index in [4.69, 9.17) is 4.52 Å². The fourth-order valence-corrected chi connectivity index (χ4v) is 4.22. The van der Waals surface area contributed by atoms with E-state index < -0.39 is 0 Å². The highest BCUT2D eigenvalue weighted by atomic mass is 16.5. The highest BCUT2D eigenvalue weighted by molar-refractivity contribution is 5.76. The lowest BCUT2D eigenvalue weighted by Gasteiger charge is -2.34. The molecule has 30 heavy (non-hydrogen) atoms. The number of nitrogens with zero attached hydrogens (tertiary/aromatic N) is 3. The summed E-state index contributed by atoms with van der Waals surface area (Å²) in [6.45, 7) is 0.634. The Hall–Kier alpha value is -2.95. The van der Waals surface area contributed by atoms with Crippen LogP contribution in [0.25, 0.3) is 11.4 Å². The van der Waals surface area contributed by atoms with Crippen LogP contribution >= 0.6 is 0 Å². The topological polar surface area (TPSA) is 59.2 Å². The second kappa shape index (κ2) is 10.2. The van der Waals surface area contributed by atoms with Crippen LogP contribution in [0.4, 0.5) is 0 Å². The molecule has 4 rings (SSSR count). The van der Waals surface area contributed by atoms with Crippen molar-refractivity contribution >= 4 is 5.91 Å². The first-order valence-electron chi connectivity index (χ1n) is 11.0. The minimum Gasteiger partial charge on any atom is -0.339 e. The standard InChI is InChI=1S/C25H29N3O2/c29-24(17-16-20-10-4-1-5-11-20)28(22-14-8-3-9-15-22)19-18-23-26-25(27-30-23)21-12-6-2-7-13-21/h1-2,4-7,10-13,22H,3,8-9,14-19H2. The third kappa shape index (κ3) is 5.35. The Morgan fingerprint density at radius 1 is 0.933 bits per heavy atom. The van der Waals surface area contributed by atoms with Crippen LogP contribution < -0.4 is 0 Å². The van der Waals surface area contributed by atoms with Gasteiger partial charge in [-0.3, -0.25) is 4.79 Å². The van der Waals surface area contributed by atoms with Gasteiger partial charge in [0.05, 0.1) is 0 Å². The summed E-state index contributed by atoms with van der Waals surface area (Å²) >= 11 is 0. The minimum absolute atomic E-state index is 0.230. The molecular formula is C25H29N3O2. The largest absolute Gasteiger partial charge is 0.339 e. The molecule has 0 unspecified atom stereocenters. The number of rotatable bonds is 8. The van der Waals surface area contributed by atoms with Gasteiger partial charge in [0, 0.05) is 31.0 Å². The maximum atomic E-state index is 13.1. The molecule has 1 fully saturated rings. The van der Waals surface area contributed by atoms with Gasteiger partial charge in [0.2, 0.25) is 17.6 Å². The van der Waals surface area contributed by atoms with Crippen molar-refractivity contribution < 1.29 is 9.32 Å². The molecule has 0 aliphatic heterocycles. The molecule has 3 aromatic rings. The molecule has 5 nitrogen and oxygen atoms in total. The fourth-order valence-electron chi connectivity index (χ4n) is 4.22. The lowest BCUT2D eigenvalue weighted by molar-refractivity contribution is -0.134. The van der Waals surface area contributed by atoms with Gasteiger partial charge in [-0.05, 0) is 24.8 Å². The van der Waals surface area contributed by atoms with Gasteiger partial charge >= 0.3 is 0 Å². The summed E-state index contributed by atoms with van der Waals surface area (Å²) in [6.07, 6.45) is 7.77. The number of amides is 1. The Labute approximate surface area is 178 Å². The van der Waals surface area contributed by atoms with Crippen molar-refractivity contribution in [3.05, 3.63) is 72.1 Å². The van der Waals surface area contributed by atoms with Crippen molar-refractivity contribution in [2.45, 2.75) is 57.4 Å².